The zero-order chi connectivity index (χ0) is 8.81. The number of thioether (sulfide) groups is 1. The van der Waals surface area contributed by atoms with Crippen LogP contribution in [0, 0.1) is 0 Å². The second-order valence-electron chi connectivity index (χ2n) is 2.30. The standard InChI is InChI=1S/C9H9NS2/c1-12-6-8-2-4-9(5-3-8)10-7-11/h2-5H,6H2,1H3. The number of isothiocyanates is 1. The van der Waals surface area contributed by atoms with Crippen molar-refractivity contribution < 1.29 is 0 Å². The van der Waals surface area contributed by atoms with E-state index in [0.717, 1.165) is 11.4 Å². The van der Waals surface area contributed by atoms with Gasteiger partial charge < -0.3 is 0 Å². The van der Waals surface area contributed by atoms with Gasteiger partial charge in [-0.05, 0) is 36.2 Å². The molecule has 0 saturated heterocycles. The van der Waals surface area contributed by atoms with Gasteiger partial charge in [0, 0.05) is 5.75 Å². The van der Waals surface area contributed by atoms with Gasteiger partial charge in [-0.3, -0.25) is 0 Å². The third kappa shape index (κ3) is 2.78. The Bertz CT molecular complexity index is 286. The second kappa shape index (κ2) is 5.09. The van der Waals surface area contributed by atoms with Crippen LogP contribution in [-0.2, 0) is 5.75 Å². The second-order valence-corrected chi connectivity index (χ2v) is 3.35. The van der Waals surface area contributed by atoms with Gasteiger partial charge in [0.2, 0.25) is 0 Å². The molecule has 62 valence electrons. The van der Waals surface area contributed by atoms with Crippen molar-refractivity contribution in [3.8, 4) is 0 Å². The molecule has 0 fully saturated rings. The van der Waals surface area contributed by atoms with E-state index in [9.17, 15) is 0 Å². The molecule has 0 atom stereocenters. The molecule has 0 aromatic heterocycles. The molecular weight excluding hydrogens is 186 g/mol. The fourth-order valence-electron chi connectivity index (χ4n) is 0.886. The average Bonchev–Trinajstić information content (AvgIpc) is 2.09. The Morgan fingerprint density at radius 2 is 2.08 bits per heavy atom. The van der Waals surface area contributed by atoms with Gasteiger partial charge >= 0.3 is 0 Å². The zero-order valence-corrected chi connectivity index (χ0v) is 8.41. The maximum absolute atomic E-state index is 4.50. The summed E-state index contributed by atoms with van der Waals surface area (Å²) in [7, 11) is 0. The molecule has 0 amide bonds. The van der Waals surface area contributed by atoms with Crippen LogP contribution in [0.1, 0.15) is 5.56 Å². The lowest BCUT2D eigenvalue weighted by Crippen LogP contribution is -1.76. The van der Waals surface area contributed by atoms with E-state index in [0.29, 0.717) is 0 Å². The maximum atomic E-state index is 4.50. The lowest BCUT2D eigenvalue weighted by molar-refractivity contribution is 1.40. The highest BCUT2D eigenvalue weighted by Crippen LogP contribution is 2.15. The Balaban J connectivity index is 2.77. The van der Waals surface area contributed by atoms with Crippen molar-refractivity contribution in [1.29, 1.82) is 0 Å². The summed E-state index contributed by atoms with van der Waals surface area (Å²) in [6.07, 6.45) is 2.09. The molecule has 0 aliphatic rings. The van der Waals surface area contributed by atoms with E-state index >= 15 is 0 Å². The molecular formula is C9H9NS2. The van der Waals surface area contributed by atoms with Gasteiger partial charge in [-0.15, -0.1) is 0 Å². The van der Waals surface area contributed by atoms with Crippen molar-refractivity contribution in [3.05, 3.63) is 29.8 Å². The molecule has 0 unspecified atom stereocenters. The van der Waals surface area contributed by atoms with Gasteiger partial charge in [-0.1, -0.05) is 12.1 Å². The van der Waals surface area contributed by atoms with Crippen LogP contribution in [-0.4, -0.2) is 11.4 Å². The third-order valence-electron chi connectivity index (χ3n) is 1.42. The first kappa shape index (κ1) is 9.46. The molecule has 1 aromatic carbocycles. The molecule has 1 rings (SSSR count). The van der Waals surface area contributed by atoms with Gasteiger partial charge in [0.25, 0.3) is 0 Å². The number of hydrogen-bond donors (Lipinski definition) is 0. The quantitative estimate of drug-likeness (QED) is 0.542. The first-order valence-corrected chi connectivity index (χ1v) is 5.33. The van der Waals surface area contributed by atoms with Gasteiger partial charge in [0.05, 0.1) is 10.8 Å². The largest absolute Gasteiger partial charge is 0.195 e. The van der Waals surface area contributed by atoms with Crippen LogP contribution in [0.3, 0.4) is 0 Å². The first-order valence-electron chi connectivity index (χ1n) is 3.52. The number of hydrogen-bond acceptors (Lipinski definition) is 3. The monoisotopic (exact) mass is 195 g/mol. The molecule has 0 bridgehead atoms. The highest BCUT2D eigenvalue weighted by molar-refractivity contribution is 7.97. The van der Waals surface area contributed by atoms with Crippen molar-refractivity contribution in [2.24, 2.45) is 4.99 Å². The summed E-state index contributed by atoms with van der Waals surface area (Å²) in [6.45, 7) is 0. The van der Waals surface area contributed by atoms with Crippen LogP contribution in [0.2, 0.25) is 0 Å². The van der Waals surface area contributed by atoms with Crippen LogP contribution in [0.5, 0.6) is 0 Å². The molecule has 3 heteroatoms. The Morgan fingerprint density at radius 1 is 1.42 bits per heavy atom. The number of nitrogens with zero attached hydrogens (tertiary/aromatic N) is 1. The van der Waals surface area contributed by atoms with Gasteiger partial charge in [-0.25, -0.2) is 0 Å². The smallest absolute Gasteiger partial charge is 0.0739 e. The Kier molecular flexibility index (Phi) is 4.01. The van der Waals surface area contributed by atoms with E-state index in [2.05, 4.69) is 40.8 Å². The normalized spacial score (nSPS) is 9.08. The Morgan fingerprint density at radius 3 is 2.58 bits per heavy atom. The molecule has 0 radical (unpaired) electrons. The minimum atomic E-state index is 0.870. The predicted molar refractivity (Wildman–Crippen MR) is 58.3 cm³/mol. The molecule has 12 heavy (non-hydrogen) atoms. The minimum Gasteiger partial charge on any atom is -0.195 e. The number of rotatable bonds is 3. The number of thiocarbonyl (C=S) groups is 1. The van der Waals surface area contributed by atoms with E-state index in [1.165, 1.54) is 5.56 Å². The van der Waals surface area contributed by atoms with Crippen LogP contribution in [0.4, 0.5) is 5.69 Å². The van der Waals surface area contributed by atoms with Gasteiger partial charge in [-0.2, -0.15) is 16.8 Å². The molecule has 1 aromatic rings. The molecule has 0 aliphatic heterocycles. The van der Waals surface area contributed by atoms with Crippen molar-refractivity contribution >= 4 is 34.8 Å². The topological polar surface area (TPSA) is 12.4 Å². The lowest BCUT2D eigenvalue weighted by atomic mass is 10.2. The first-order chi connectivity index (χ1) is 5.86. The van der Waals surface area contributed by atoms with E-state index < -0.39 is 0 Å². The molecule has 0 heterocycles. The fourth-order valence-corrected chi connectivity index (χ4v) is 1.52. The summed E-state index contributed by atoms with van der Waals surface area (Å²) in [5.74, 6) is 1.04. The summed E-state index contributed by atoms with van der Waals surface area (Å²) >= 11 is 6.30. The summed E-state index contributed by atoms with van der Waals surface area (Å²) in [4.78, 5) is 3.87. The SMILES string of the molecule is CSCc1ccc(N=C=S)cc1. The van der Waals surface area contributed by atoms with Crippen LogP contribution < -0.4 is 0 Å². The van der Waals surface area contributed by atoms with Crippen molar-refractivity contribution in [2.75, 3.05) is 6.26 Å². The lowest BCUT2D eigenvalue weighted by Gasteiger charge is -1.96. The predicted octanol–water partition coefficient (Wildman–Crippen LogP) is 3.28. The van der Waals surface area contributed by atoms with Crippen molar-refractivity contribution in [1.82, 2.24) is 0 Å². The van der Waals surface area contributed by atoms with E-state index in [-0.39, 0.29) is 0 Å². The number of benzene rings is 1. The fraction of sp³-hybridized carbons (Fsp3) is 0.222. The Labute approximate surface area is 81.9 Å². The highest BCUT2D eigenvalue weighted by Gasteiger charge is 1.90. The molecule has 0 N–H and O–H groups in total. The van der Waals surface area contributed by atoms with Gasteiger partial charge in [0.15, 0.2) is 0 Å². The van der Waals surface area contributed by atoms with Gasteiger partial charge in [0.1, 0.15) is 0 Å². The molecule has 0 saturated carbocycles. The average molecular weight is 195 g/mol. The summed E-state index contributed by atoms with van der Waals surface area (Å²) < 4.78 is 0. The molecule has 1 nitrogen and oxygen atoms in total. The minimum absolute atomic E-state index is 0.870. The zero-order valence-electron chi connectivity index (χ0n) is 6.78. The van der Waals surface area contributed by atoms with E-state index in [1.807, 2.05) is 23.9 Å². The van der Waals surface area contributed by atoms with E-state index in [4.69, 9.17) is 0 Å². The van der Waals surface area contributed by atoms with Crippen LogP contribution >= 0.6 is 24.0 Å². The summed E-state index contributed by atoms with van der Waals surface area (Å²) in [5, 5.41) is 2.34. The molecule has 0 spiro atoms. The molecule has 0 aliphatic carbocycles. The van der Waals surface area contributed by atoms with E-state index in [1.54, 1.807) is 0 Å². The maximum Gasteiger partial charge on any atom is 0.0739 e. The Hall–Kier alpha value is -0.630. The summed E-state index contributed by atoms with van der Waals surface area (Å²) in [5.41, 5.74) is 2.18. The van der Waals surface area contributed by atoms with Crippen molar-refractivity contribution in [3.63, 3.8) is 0 Å². The van der Waals surface area contributed by atoms with Crippen molar-refractivity contribution in [2.45, 2.75) is 5.75 Å². The van der Waals surface area contributed by atoms with Crippen LogP contribution in [0.25, 0.3) is 0 Å². The van der Waals surface area contributed by atoms with Crippen LogP contribution in [0.15, 0.2) is 29.3 Å². The third-order valence-corrected chi connectivity index (χ3v) is 2.14. The number of aliphatic imine (C=N–C) groups is 1. The summed E-state index contributed by atoms with van der Waals surface area (Å²) in [6, 6.07) is 8.01. The highest BCUT2D eigenvalue weighted by atomic mass is 32.2.